The number of nitrogens with one attached hydrogen (secondary N) is 1. The Morgan fingerprint density at radius 2 is 1.81 bits per heavy atom. The van der Waals surface area contributed by atoms with E-state index in [1.807, 2.05) is 39.5 Å². The van der Waals surface area contributed by atoms with Gasteiger partial charge in [0, 0.05) is 36.0 Å². The number of carbonyl (C=O) groups excluding carboxylic acids is 1. The Kier molecular flexibility index (Phi) is 7.07. The number of rotatable bonds is 5. The fraction of sp³-hybridized carbons (Fsp3) is 0.696. The molecule has 0 aromatic carbocycles. The van der Waals surface area contributed by atoms with Gasteiger partial charge in [-0.05, 0) is 60.3 Å². The highest BCUT2D eigenvalue weighted by molar-refractivity contribution is 6.62. The lowest BCUT2D eigenvalue weighted by Crippen LogP contribution is -2.55. The molecule has 0 unspecified atom stereocenters. The molecule has 0 spiro atoms. The fourth-order valence-electron chi connectivity index (χ4n) is 4.22. The number of carbonyl (C=O) groups is 1. The molecule has 0 aliphatic carbocycles. The Morgan fingerprint density at radius 1 is 1.25 bits per heavy atom. The molecule has 2 aliphatic rings. The first-order valence-electron chi connectivity index (χ1n) is 11.6. The standard InChI is InChI=1S/C23H37BN4O4/c1-9-18-11-17(12-19(10-2)28(18)21(29)30-22(4,5)6)27-20-25-13-16(14-26-20)24-31-15(3)23(7,8)32-24/h13-14,17-19H,3,9-12H2,1-2,4-8H3,(H,25,26,27)/t17-,18+,19-. The molecule has 2 aliphatic heterocycles. The van der Waals surface area contributed by atoms with E-state index in [9.17, 15) is 4.79 Å². The van der Waals surface area contributed by atoms with Gasteiger partial charge in [0.2, 0.25) is 5.95 Å². The smallest absolute Gasteiger partial charge is 0.534 e. The average Bonchev–Trinajstić information content (AvgIpc) is 2.98. The van der Waals surface area contributed by atoms with Crippen LogP contribution >= 0.6 is 0 Å². The topological polar surface area (TPSA) is 85.8 Å². The lowest BCUT2D eigenvalue weighted by molar-refractivity contribution is -0.00812. The molecule has 2 fully saturated rings. The van der Waals surface area contributed by atoms with Crippen LogP contribution in [0.1, 0.15) is 74.1 Å². The molecule has 9 heteroatoms. The Balaban J connectivity index is 1.66. The average molecular weight is 444 g/mol. The lowest BCUT2D eigenvalue weighted by Gasteiger charge is -2.45. The third kappa shape index (κ3) is 5.55. The highest BCUT2D eigenvalue weighted by Crippen LogP contribution is 2.31. The summed E-state index contributed by atoms with van der Waals surface area (Å²) < 4.78 is 17.3. The van der Waals surface area contributed by atoms with Crippen LogP contribution in [0, 0.1) is 0 Å². The molecule has 8 nitrogen and oxygen atoms in total. The summed E-state index contributed by atoms with van der Waals surface area (Å²) in [5.74, 6) is 1.16. The summed E-state index contributed by atoms with van der Waals surface area (Å²) in [4.78, 5) is 23.8. The maximum absolute atomic E-state index is 12.9. The van der Waals surface area contributed by atoms with Crippen molar-refractivity contribution in [2.45, 2.75) is 103 Å². The molecule has 0 bridgehead atoms. The number of ether oxygens (including phenoxy) is 1. The summed E-state index contributed by atoms with van der Waals surface area (Å²) in [6, 6.07) is 0.384. The van der Waals surface area contributed by atoms with Crippen LogP contribution in [0.2, 0.25) is 0 Å². The summed E-state index contributed by atoms with van der Waals surface area (Å²) in [7, 11) is -0.544. The molecular weight excluding hydrogens is 407 g/mol. The molecule has 1 N–H and O–H groups in total. The van der Waals surface area contributed by atoms with Crippen molar-refractivity contribution >= 4 is 24.6 Å². The second kappa shape index (κ2) is 9.29. The van der Waals surface area contributed by atoms with Crippen molar-refractivity contribution in [2.24, 2.45) is 0 Å². The summed E-state index contributed by atoms with van der Waals surface area (Å²) in [5, 5.41) is 3.46. The van der Waals surface area contributed by atoms with Gasteiger partial charge >= 0.3 is 13.2 Å². The van der Waals surface area contributed by atoms with E-state index in [0.29, 0.717) is 11.7 Å². The van der Waals surface area contributed by atoms with Gasteiger partial charge in [-0.2, -0.15) is 0 Å². The van der Waals surface area contributed by atoms with Crippen LogP contribution in [-0.2, 0) is 14.0 Å². The number of aromatic nitrogens is 2. The highest BCUT2D eigenvalue weighted by Gasteiger charge is 2.43. The Bertz CT molecular complexity index is 810. The van der Waals surface area contributed by atoms with Crippen molar-refractivity contribution in [3.05, 3.63) is 24.7 Å². The number of anilines is 1. The number of hydrogen-bond donors (Lipinski definition) is 1. The quantitative estimate of drug-likeness (QED) is 0.690. The van der Waals surface area contributed by atoms with E-state index in [1.54, 1.807) is 12.4 Å². The van der Waals surface area contributed by atoms with Crippen LogP contribution in [0.3, 0.4) is 0 Å². The SMILES string of the molecule is C=C1OB(c2cnc(N[C@H]3C[C@@H](CC)N(C(=O)OC(C)(C)C)[C@@H](CC)C3)nc2)OC1(C)C. The third-order valence-corrected chi connectivity index (χ3v) is 6.05. The van der Waals surface area contributed by atoms with Crippen LogP contribution in [0.5, 0.6) is 0 Å². The zero-order chi connectivity index (χ0) is 23.7. The largest absolute Gasteiger partial charge is 0.566 e. The van der Waals surface area contributed by atoms with E-state index >= 15 is 0 Å². The highest BCUT2D eigenvalue weighted by atomic mass is 16.7. The van der Waals surface area contributed by atoms with Crippen molar-refractivity contribution < 1.29 is 18.8 Å². The molecule has 1 aromatic heterocycles. The molecule has 1 aromatic rings. The zero-order valence-electron chi connectivity index (χ0n) is 20.5. The molecule has 3 heterocycles. The first kappa shape index (κ1) is 24.4. The molecule has 176 valence electrons. The molecule has 2 saturated heterocycles. The van der Waals surface area contributed by atoms with Gasteiger partial charge in [0.25, 0.3) is 0 Å². The minimum atomic E-state index is -0.544. The second-order valence-electron chi connectivity index (χ2n) is 10.2. The van der Waals surface area contributed by atoms with Crippen molar-refractivity contribution in [3.63, 3.8) is 0 Å². The number of piperidine rings is 1. The molecule has 0 saturated carbocycles. The van der Waals surface area contributed by atoms with Crippen molar-refractivity contribution in [2.75, 3.05) is 5.32 Å². The molecule has 3 rings (SSSR count). The maximum atomic E-state index is 12.9. The van der Waals surface area contributed by atoms with Crippen LogP contribution in [0.4, 0.5) is 10.7 Å². The maximum Gasteiger partial charge on any atom is 0.566 e. The minimum absolute atomic E-state index is 0.105. The van der Waals surface area contributed by atoms with Crippen molar-refractivity contribution in [1.29, 1.82) is 0 Å². The van der Waals surface area contributed by atoms with Gasteiger partial charge < -0.3 is 24.3 Å². The van der Waals surface area contributed by atoms with Gasteiger partial charge in [-0.15, -0.1) is 0 Å². The van der Waals surface area contributed by atoms with E-state index in [1.165, 1.54) is 0 Å². The zero-order valence-corrected chi connectivity index (χ0v) is 20.5. The van der Waals surface area contributed by atoms with Gasteiger partial charge in [-0.25, -0.2) is 14.8 Å². The fourth-order valence-corrected chi connectivity index (χ4v) is 4.22. The number of nitrogens with zero attached hydrogens (tertiary/aromatic N) is 3. The van der Waals surface area contributed by atoms with Crippen molar-refractivity contribution in [3.8, 4) is 0 Å². The Hall–Kier alpha value is -2.29. The predicted octanol–water partition coefficient (Wildman–Crippen LogP) is 3.88. The molecule has 0 radical (unpaired) electrons. The minimum Gasteiger partial charge on any atom is -0.534 e. The summed E-state index contributed by atoms with van der Waals surface area (Å²) in [5.41, 5.74) is -0.291. The molecule has 1 amide bonds. The Labute approximate surface area is 192 Å². The summed E-state index contributed by atoms with van der Waals surface area (Å²) >= 11 is 0. The van der Waals surface area contributed by atoms with E-state index < -0.39 is 18.3 Å². The van der Waals surface area contributed by atoms with Gasteiger partial charge in [0.05, 0.1) is 5.76 Å². The van der Waals surface area contributed by atoms with Gasteiger partial charge in [-0.3, -0.25) is 0 Å². The molecule has 32 heavy (non-hydrogen) atoms. The molecular formula is C23H37BN4O4. The number of likely N-dealkylation sites (tertiary alicyclic amines) is 1. The number of amides is 1. The van der Waals surface area contributed by atoms with Crippen LogP contribution in [0.25, 0.3) is 0 Å². The van der Waals surface area contributed by atoms with Crippen LogP contribution < -0.4 is 10.8 Å². The first-order valence-corrected chi connectivity index (χ1v) is 11.6. The van der Waals surface area contributed by atoms with Crippen molar-refractivity contribution in [1.82, 2.24) is 14.9 Å². The normalized spacial score (nSPS) is 25.5. The van der Waals surface area contributed by atoms with E-state index in [0.717, 1.165) is 31.1 Å². The van der Waals surface area contributed by atoms with E-state index in [4.69, 9.17) is 14.0 Å². The van der Waals surface area contributed by atoms with Crippen LogP contribution in [0.15, 0.2) is 24.7 Å². The second-order valence-corrected chi connectivity index (χ2v) is 10.2. The summed E-state index contributed by atoms with van der Waals surface area (Å²) in [6.45, 7) is 17.7. The van der Waals surface area contributed by atoms with E-state index in [-0.39, 0.29) is 24.2 Å². The monoisotopic (exact) mass is 444 g/mol. The first-order chi connectivity index (χ1) is 14.9. The predicted molar refractivity (Wildman–Crippen MR) is 126 cm³/mol. The van der Waals surface area contributed by atoms with Crippen LogP contribution in [-0.4, -0.2) is 57.4 Å². The summed E-state index contributed by atoms with van der Waals surface area (Å²) in [6.07, 6.45) is 6.59. The third-order valence-electron chi connectivity index (χ3n) is 6.05. The molecule has 3 atom stereocenters. The number of hydrogen-bond acceptors (Lipinski definition) is 7. The lowest BCUT2D eigenvalue weighted by atomic mass is 9.81. The Morgan fingerprint density at radius 3 is 2.25 bits per heavy atom. The van der Waals surface area contributed by atoms with Gasteiger partial charge in [0.15, 0.2) is 0 Å². The van der Waals surface area contributed by atoms with E-state index in [2.05, 4.69) is 35.7 Å². The van der Waals surface area contributed by atoms with Gasteiger partial charge in [0.1, 0.15) is 11.2 Å². The van der Waals surface area contributed by atoms with Gasteiger partial charge in [-0.1, -0.05) is 20.4 Å².